The first kappa shape index (κ1) is 19.7. The van der Waals surface area contributed by atoms with E-state index in [0.29, 0.717) is 5.82 Å². The zero-order chi connectivity index (χ0) is 21.1. The van der Waals surface area contributed by atoms with Crippen LogP contribution in [-0.2, 0) is 11.2 Å². The second-order valence-corrected chi connectivity index (χ2v) is 7.24. The molecule has 0 saturated heterocycles. The number of methoxy groups -OCH3 is 1. The number of hydrogen-bond acceptors (Lipinski definition) is 5. The number of carbonyl (C=O) groups is 1. The normalized spacial score (nSPS) is 12.8. The molecular formula is C24H24N4O2. The summed E-state index contributed by atoms with van der Waals surface area (Å²) < 4.78 is 5.21. The third kappa shape index (κ3) is 4.06. The number of nitrogens with zero attached hydrogens (tertiary/aromatic N) is 2. The lowest BCUT2D eigenvalue weighted by Gasteiger charge is -2.12. The lowest BCUT2D eigenvalue weighted by molar-refractivity contribution is -0.117. The molecule has 2 heterocycles. The number of aromatic nitrogens is 2. The molecule has 2 aromatic heterocycles. The Morgan fingerprint density at radius 1 is 1.20 bits per heavy atom. The van der Waals surface area contributed by atoms with E-state index in [1.165, 1.54) is 0 Å². The van der Waals surface area contributed by atoms with Crippen molar-refractivity contribution in [1.82, 2.24) is 9.97 Å². The number of amides is 1. The minimum Gasteiger partial charge on any atom is -0.497 e. The van der Waals surface area contributed by atoms with Gasteiger partial charge in [-0.2, -0.15) is 0 Å². The van der Waals surface area contributed by atoms with E-state index in [-0.39, 0.29) is 11.8 Å². The fourth-order valence-corrected chi connectivity index (χ4v) is 3.29. The Morgan fingerprint density at radius 3 is 2.60 bits per heavy atom. The highest BCUT2D eigenvalue weighted by molar-refractivity contribution is 6.00. The van der Waals surface area contributed by atoms with E-state index in [2.05, 4.69) is 34.4 Å². The average molecular weight is 400 g/mol. The van der Waals surface area contributed by atoms with Crippen molar-refractivity contribution in [2.45, 2.75) is 26.2 Å². The summed E-state index contributed by atoms with van der Waals surface area (Å²) in [6.07, 6.45) is 4.38. The second kappa shape index (κ2) is 8.42. The van der Waals surface area contributed by atoms with Crippen molar-refractivity contribution >= 4 is 28.3 Å². The van der Waals surface area contributed by atoms with Crippen LogP contribution in [0.5, 0.6) is 5.75 Å². The molecule has 0 spiro atoms. The van der Waals surface area contributed by atoms with Gasteiger partial charge in [0.2, 0.25) is 5.91 Å². The van der Waals surface area contributed by atoms with Crippen molar-refractivity contribution < 1.29 is 9.53 Å². The monoisotopic (exact) mass is 400 g/mol. The maximum atomic E-state index is 12.2. The highest BCUT2D eigenvalue weighted by atomic mass is 16.5. The second-order valence-electron chi connectivity index (χ2n) is 7.24. The van der Waals surface area contributed by atoms with Crippen LogP contribution >= 0.6 is 0 Å². The summed E-state index contributed by atoms with van der Waals surface area (Å²) in [5, 5.41) is 7.88. The third-order valence-electron chi connectivity index (χ3n) is 5.16. The minimum absolute atomic E-state index is 0.0336. The summed E-state index contributed by atoms with van der Waals surface area (Å²) in [5.41, 5.74) is 2.64. The number of pyridine rings is 2. The molecule has 1 saturated carbocycles. The van der Waals surface area contributed by atoms with Crippen molar-refractivity contribution in [1.29, 1.82) is 0 Å². The van der Waals surface area contributed by atoms with Gasteiger partial charge >= 0.3 is 0 Å². The van der Waals surface area contributed by atoms with Crippen molar-refractivity contribution in [2.24, 2.45) is 5.92 Å². The summed E-state index contributed by atoms with van der Waals surface area (Å²) in [6, 6.07) is 9.53. The van der Waals surface area contributed by atoms with Crippen LogP contribution in [0, 0.1) is 17.8 Å². The van der Waals surface area contributed by atoms with E-state index in [1.807, 2.05) is 37.4 Å². The molecule has 30 heavy (non-hydrogen) atoms. The van der Waals surface area contributed by atoms with E-state index in [1.54, 1.807) is 13.3 Å². The van der Waals surface area contributed by atoms with Gasteiger partial charge in [-0.3, -0.25) is 4.79 Å². The molecule has 4 rings (SSSR count). The number of ether oxygens (including phenoxy) is 1. The van der Waals surface area contributed by atoms with Crippen LogP contribution in [0.3, 0.4) is 0 Å². The Bertz CT molecular complexity index is 1160. The molecule has 1 aliphatic rings. The van der Waals surface area contributed by atoms with Gasteiger partial charge in [0.1, 0.15) is 17.4 Å². The van der Waals surface area contributed by atoms with Crippen molar-refractivity contribution in [2.75, 3.05) is 24.8 Å². The summed E-state index contributed by atoms with van der Waals surface area (Å²) in [5.74, 6) is 8.78. The molecule has 0 atom stereocenters. The number of hydrogen-bond donors (Lipinski definition) is 2. The summed E-state index contributed by atoms with van der Waals surface area (Å²) in [6.45, 7) is 2.06. The smallest absolute Gasteiger partial charge is 0.228 e. The zero-order valence-corrected chi connectivity index (χ0v) is 17.4. The van der Waals surface area contributed by atoms with Crippen LogP contribution in [0.25, 0.3) is 10.8 Å². The van der Waals surface area contributed by atoms with Crippen LogP contribution in [0.15, 0.2) is 36.5 Å². The van der Waals surface area contributed by atoms with Gasteiger partial charge < -0.3 is 15.4 Å². The molecule has 1 fully saturated rings. The van der Waals surface area contributed by atoms with Gasteiger partial charge in [0.25, 0.3) is 0 Å². The molecule has 0 aliphatic heterocycles. The predicted octanol–water partition coefficient (Wildman–Crippen LogP) is 3.99. The fraction of sp³-hybridized carbons (Fsp3) is 0.292. The molecule has 6 nitrogen and oxygen atoms in total. The van der Waals surface area contributed by atoms with Crippen LogP contribution in [-0.4, -0.2) is 30.0 Å². The molecule has 6 heteroatoms. The summed E-state index contributed by atoms with van der Waals surface area (Å²) in [7, 11) is 3.48. The first-order valence-electron chi connectivity index (χ1n) is 10.1. The Kier molecular flexibility index (Phi) is 5.53. The molecule has 1 aromatic carbocycles. The van der Waals surface area contributed by atoms with Gasteiger partial charge in [-0.25, -0.2) is 9.97 Å². The lowest BCUT2D eigenvalue weighted by atomic mass is 10.0. The molecule has 1 aliphatic carbocycles. The van der Waals surface area contributed by atoms with Crippen molar-refractivity contribution in [3.05, 3.63) is 53.3 Å². The molecule has 0 unspecified atom stereocenters. The summed E-state index contributed by atoms with van der Waals surface area (Å²) in [4.78, 5) is 21.4. The van der Waals surface area contributed by atoms with Gasteiger partial charge in [0.15, 0.2) is 0 Å². The van der Waals surface area contributed by atoms with Gasteiger partial charge in [-0.15, -0.1) is 0 Å². The Labute approximate surface area is 176 Å². The number of anilines is 2. The van der Waals surface area contributed by atoms with E-state index in [9.17, 15) is 4.79 Å². The zero-order valence-electron chi connectivity index (χ0n) is 17.4. The number of carbonyl (C=O) groups excluding carboxylic acids is 1. The number of benzene rings is 1. The van der Waals surface area contributed by atoms with Crippen LogP contribution in [0.2, 0.25) is 0 Å². The molecule has 2 N–H and O–H groups in total. The Morgan fingerprint density at radius 2 is 1.97 bits per heavy atom. The number of rotatable bonds is 5. The summed E-state index contributed by atoms with van der Waals surface area (Å²) >= 11 is 0. The molecular weight excluding hydrogens is 376 g/mol. The number of nitrogens with one attached hydrogen (secondary N) is 2. The third-order valence-corrected chi connectivity index (χ3v) is 5.16. The van der Waals surface area contributed by atoms with Crippen molar-refractivity contribution in [3.8, 4) is 17.6 Å². The first-order chi connectivity index (χ1) is 14.6. The van der Waals surface area contributed by atoms with E-state index in [0.717, 1.165) is 58.4 Å². The van der Waals surface area contributed by atoms with Gasteiger partial charge in [0, 0.05) is 35.5 Å². The van der Waals surface area contributed by atoms with Crippen LogP contribution in [0.1, 0.15) is 36.6 Å². The largest absolute Gasteiger partial charge is 0.497 e. The van der Waals surface area contributed by atoms with E-state index in [4.69, 9.17) is 9.72 Å². The van der Waals surface area contributed by atoms with Crippen molar-refractivity contribution in [3.63, 3.8) is 0 Å². The average Bonchev–Trinajstić information content (AvgIpc) is 3.63. The molecule has 152 valence electrons. The molecule has 3 aromatic rings. The quantitative estimate of drug-likeness (QED) is 0.634. The van der Waals surface area contributed by atoms with E-state index >= 15 is 0 Å². The topological polar surface area (TPSA) is 76.1 Å². The Balaban J connectivity index is 1.80. The minimum atomic E-state index is 0.0336. The molecule has 0 radical (unpaired) electrons. The van der Waals surface area contributed by atoms with Gasteiger partial charge in [0.05, 0.1) is 18.4 Å². The number of aryl methyl sites for hydroxylation is 1. The SMILES string of the molecule is CCc1nc(NC)c2cnc(NC(=O)C3CC3)cc2c1C#Cc1ccc(OC)cc1. The van der Waals surface area contributed by atoms with E-state index < -0.39 is 0 Å². The predicted molar refractivity (Wildman–Crippen MR) is 119 cm³/mol. The molecule has 0 bridgehead atoms. The lowest BCUT2D eigenvalue weighted by Crippen LogP contribution is -2.14. The fourth-order valence-electron chi connectivity index (χ4n) is 3.29. The standard InChI is InChI=1S/C24H24N4O2/c1-4-21-18(12-7-15-5-10-17(30-3)11-6-15)19-13-22(28-24(29)16-8-9-16)26-14-20(19)23(25-2)27-21/h5-6,10-11,13-14,16H,4,8-9H2,1-3H3,(H,25,27)(H,26,28,29). The maximum absolute atomic E-state index is 12.2. The Hall–Kier alpha value is -3.59. The maximum Gasteiger partial charge on any atom is 0.228 e. The van der Waals surface area contributed by atoms with Crippen LogP contribution < -0.4 is 15.4 Å². The van der Waals surface area contributed by atoms with Gasteiger partial charge in [-0.1, -0.05) is 18.8 Å². The highest BCUT2D eigenvalue weighted by Crippen LogP contribution is 2.32. The molecule has 1 amide bonds. The number of fused-ring (bicyclic) bond motifs is 1. The van der Waals surface area contributed by atoms with Crippen LogP contribution in [0.4, 0.5) is 11.6 Å². The van der Waals surface area contributed by atoms with Gasteiger partial charge in [-0.05, 0) is 49.6 Å². The first-order valence-corrected chi connectivity index (χ1v) is 10.1. The highest BCUT2D eigenvalue weighted by Gasteiger charge is 2.29.